The van der Waals surface area contributed by atoms with Crippen LogP contribution >= 0.6 is 11.3 Å². The first kappa shape index (κ1) is 15.1. The molecule has 3 rings (SSSR count). The molecule has 0 saturated carbocycles. The molecule has 1 N–H and O–H groups in total. The number of fused-ring (bicyclic) bond motifs is 1. The summed E-state index contributed by atoms with van der Waals surface area (Å²) in [4.78, 5) is 40.6. The third-order valence-corrected chi connectivity index (χ3v) is 4.37. The average Bonchev–Trinajstić information content (AvgIpc) is 2.90. The Morgan fingerprint density at radius 1 is 1.22 bits per heavy atom. The third-order valence-electron chi connectivity index (χ3n) is 3.41. The molecule has 0 spiro atoms. The van der Waals surface area contributed by atoms with E-state index in [1.165, 1.54) is 28.9 Å². The van der Waals surface area contributed by atoms with E-state index in [1.807, 2.05) is 5.38 Å². The lowest BCUT2D eigenvalue weighted by atomic mass is 10.1. The number of anilines is 1. The maximum absolute atomic E-state index is 12.4. The molecule has 0 aliphatic heterocycles. The molecule has 0 radical (unpaired) electrons. The van der Waals surface area contributed by atoms with Gasteiger partial charge in [-0.15, -0.1) is 11.3 Å². The van der Waals surface area contributed by atoms with Gasteiger partial charge in [-0.25, -0.2) is 4.98 Å². The average molecular weight is 327 g/mol. The van der Waals surface area contributed by atoms with Gasteiger partial charge in [0.1, 0.15) is 5.56 Å². The molecule has 0 fully saturated rings. The topological polar surface area (TPSA) is 80.5 Å². The minimum atomic E-state index is -0.530. The van der Waals surface area contributed by atoms with Gasteiger partial charge in [0.25, 0.3) is 11.5 Å². The predicted molar refractivity (Wildman–Crippen MR) is 88.5 cm³/mol. The Labute approximate surface area is 135 Å². The highest BCUT2D eigenvalue weighted by Crippen LogP contribution is 2.13. The molecule has 23 heavy (non-hydrogen) atoms. The van der Waals surface area contributed by atoms with Crippen LogP contribution < -0.4 is 10.9 Å². The number of benzene rings is 1. The molecule has 7 heteroatoms. The van der Waals surface area contributed by atoms with Crippen molar-refractivity contribution in [2.24, 2.45) is 0 Å². The number of aryl methyl sites for hydroxylation is 1. The van der Waals surface area contributed by atoms with Crippen molar-refractivity contribution in [2.75, 3.05) is 5.32 Å². The molecule has 6 nitrogen and oxygen atoms in total. The normalized spacial score (nSPS) is 10.7. The Balaban J connectivity index is 1.91. The number of hydrogen-bond donors (Lipinski definition) is 1. The van der Waals surface area contributed by atoms with Crippen LogP contribution in [0.15, 0.2) is 40.6 Å². The van der Waals surface area contributed by atoms with E-state index in [-0.39, 0.29) is 11.3 Å². The Morgan fingerprint density at radius 3 is 2.57 bits per heavy atom. The zero-order valence-corrected chi connectivity index (χ0v) is 13.3. The van der Waals surface area contributed by atoms with E-state index < -0.39 is 11.5 Å². The Morgan fingerprint density at radius 2 is 1.91 bits per heavy atom. The number of ketones is 1. The maximum atomic E-state index is 12.4. The Bertz CT molecular complexity index is 970. The molecule has 0 bridgehead atoms. The Kier molecular flexibility index (Phi) is 3.79. The van der Waals surface area contributed by atoms with Crippen LogP contribution in [0, 0.1) is 6.92 Å². The molecule has 3 aromatic rings. The second-order valence-electron chi connectivity index (χ2n) is 5.06. The standard InChI is InChI=1S/C16H13N3O3S/c1-9-8-23-16-17-7-13(15(22)19(9)16)14(21)18-12-5-3-11(4-6-12)10(2)20/h3-8H,1-2H3,(H,18,21). The van der Waals surface area contributed by atoms with E-state index in [2.05, 4.69) is 10.3 Å². The highest BCUT2D eigenvalue weighted by molar-refractivity contribution is 7.15. The summed E-state index contributed by atoms with van der Waals surface area (Å²) in [7, 11) is 0. The zero-order chi connectivity index (χ0) is 16.6. The zero-order valence-electron chi connectivity index (χ0n) is 12.5. The van der Waals surface area contributed by atoms with Crippen LogP contribution in [0.2, 0.25) is 0 Å². The summed E-state index contributed by atoms with van der Waals surface area (Å²) in [5.74, 6) is -0.582. The fraction of sp³-hybridized carbons (Fsp3) is 0.125. The lowest BCUT2D eigenvalue weighted by Gasteiger charge is -2.06. The van der Waals surface area contributed by atoms with E-state index in [9.17, 15) is 14.4 Å². The van der Waals surface area contributed by atoms with Gasteiger partial charge >= 0.3 is 0 Å². The number of nitrogens with zero attached hydrogens (tertiary/aromatic N) is 2. The van der Waals surface area contributed by atoms with Crippen molar-refractivity contribution in [3.8, 4) is 0 Å². The monoisotopic (exact) mass is 327 g/mol. The third kappa shape index (κ3) is 2.78. The molecule has 0 unspecified atom stereocenters. The smallest absolute Gasteiger partial charge is 0.271 e. The molecule has 0 aliphatic rings. The Hall–Kier alpha value is -2.80. The van der Waals surface area contributed by atoms with Gasteiger partial charge < -0.3 is 5.32 Å². The number of carbonyl (C=O) groups is 2. The second kappa shape index (κ2) is 5.77. The number of amides is 1. The SMILES string of the molecule is CC(=O)c1ccc(NC(=O)c2cnc3scc(C)n3c2=O)cc1. The van der Waals surface area contributed by atoms with Crippen molar-refractivity contribution >= 4 is 33.7 Å². The van der Waals surface area contributed by atoms with E-state index in [1.54, 1.807) is 31.2 Å². The van der Waals surface area contributed by atoms with Crippen molar-refractivity contribution in [1.82, 2.24) is 9.38 Å². The van der Waals surface area contributed by atoms with E-state index in [0.29, 0.717) is 16.2 Å². The highest BCUT2D eigenvalue weighted by Gasteiger charge is 2.15. The number of carbonyl (C=O) groups excluding carboxylic acids is 2. The van der Waals surface area contributed by atoms with Crippen LogP contribution in [0.4, 0.5) is 5.69 Å². The predicted octanol–water partition coefficient (Wildman–Crippen LogP) is 2.52. The van der Waals surface area contributed by atoms with Gasteiger partial charge in [0.05, 0.1) is 0 Å². The molecule has 116 valence electrons. The highest BCUT2D eigenvalue weighted by atomic mass is 32.1. The van der Waals surface area contributed by atoms with E-state index in [0.717, 1.165) is 5.69 Å². The molecule has 0 aliphatic carbocycles. The van der Waals surface area contributed by atoms with Crippen LogP contribution in [0.5, 0.6) is 0 Å². The second-order valence-corrected chi connectivity index (χ2v) is 5.90. The summed E-state index contributed by atoms with van der Waals surface area (Å²) in [6.45, 7) is 3.26. The summed E-state index contributed by atoms with van der Waals surface area (Å²) < 4.78 is 1.42. The van der Waals surface area contributed by atoms with E-state index in [4.69, 9.17) is 0 Å². The molecule has 1 amide bonds. The largest absolute Gasteiger partial charge is 0.322 e. The van der Waals surface area contributed by atoms with Crippen molar-refractivity contribution in [3.63, 3.8) is 0 Å². The van der Waals surface area contributed by atoms with E-state index >= 15 is 0 Å². The number of hydrogen-bond acceptors (Lipinski definition) is 5. The van der Waals surface area contributed by atoms with Crippen LogP contribution in [-0.2, 0) is 0 Å². The minimum Gasteiger partial charge on any atom is -0.322 e. The maximum Gasteiger partial charge on any atom is 0.271 e. The van der Waals surface area contributed by atoms with Gasteiger partial charge in [-0.2, -0.15) is 0 Å². The van der Waals surface area contributed by atoms with Gasteiger partial charge in [0.2, 0.25) is 0 Å². The van der Waals surface area contributed by atoms with Crippen LogP contribution in [0.3, 0.4) is 0 Å². The van der Waals surface area contributed by atoms with Gasteiger partial charge in [0, 0.05) is 28.5 Å². The molecule has 1 aromatic carbocycles. The van der Waals surface area contributed by atoms with Crippen LogP contribution in [-0.4, -0.2) is 21.1 Å². The summed E-state index contributed by atoms with van der Waals surface area (Å²) in [5.41, 5.74) is 1.38. The fourth-order valence-electron chi connectivity index (χ4n) is 2.17. The first-order valence-electron chi connectivity index (χ1n) is 6.85. The summed E-state index contributed by atoms with van der Waals surface area (Å²) in [6, 6.07) is 6.48. The number of rotatable bonds is 3. The van der Waals surface area contributed by atoms with Crippen molar-refractivity contribution < 1.29 is 9.59 Å². The molecule has 2 aromatic heterocycles. The summed E-state index contributed by atoms with van der Waals surface area (Å²) >= 11 is 1.35. The van der Waals surface area contributed by atoms with Gasteiger partial charge in [-0.05, 0) is 38.1 Å². The number of thiazole rings is 1. The molecule has 0 atom stereocenters. The molecular weight excluding hydrogens is 314 g/mol. The number of Topliss-reactive ketones (excluding diaryl/α,β-unsaturated/α-hetero) is 1. The first-order chi connectivity index (χ1) is 11.0. The van der Waals surface area contributed by atoms with Gasteiger partial charge in [-0.3, -0.25) is 18.8 Å². The van der Waals surface area contributed by atoms with Crippen molar-refractivity contribution in [3.05, 3.63) is 63.0 Å². The number of nitrogens with one attached hydrogen (secondary N) is 1. The minimum absolute atomic E-state index is 0.0281. The lowest BCUT2D eigenvalue weighted by Crippen LogP contribution is -2.26. The lowest BCUT2D eigenvalue weighted by molar-refractivity contribution is 0.101. The van der Waals surface area contributed by atoms with Crippen LogP contribution in [0.25, 0.3) is 4.96 Å². The summed E-state index contributed by atoms with van der Waals surface area (Å²) in [6.07, 6.45) is 1.28. The van der Waals surface area contributed by atoms with Crippen molar-refractivity contribution in [1.29, 1.82) is 0 Å². The molecular formula is C16H13N3O3S. The van der Waals surface area contributed by atoms with Gasteiger partial charge in [0.15, 0.2) is 10.7 Å². The van der Waals surface area contributed by atoms with Gasteiger partial charge in [-0.1, -0.05) is 0 Å². The number of aromatic nitrogens is 2. The van der Waals surface area contributed by atoms with Crippen molar-refractivity contribution in [2.45, 2.75) is 13.8 Å². The summed E-state index contributed by atoms with van der Waals surface area (Å²) in [5, 5.41) is 4.45. The first-order valence-corrected chi connectivity index (χ1v) is 7.73. The quantitative estimate of drug-likeness (QED) is 0.750. The molecule has 0 saturated heterocycles. The van der Waals surface area contributed by atoms with Crippen LogP contribution in [0.1, 0.15) is 33.3 Å². The molecule has 2 heterocycles. The fourth-order valence-corrected chi connectivity index (χ4v) is 2.99.